The third-order valence-electron chi connectivity index (χ3n) is 3.32. The van der Waals surface area contributed by atoms with E-state index in [9.17, 15) is 4.39 Å². The topological polar surface area (TPSA) is 12.0 Å². The molecule has 0 saturated carbocycles. The summed E-state index contributed by atoms with van der Waals surface area (Å²) in [6.07, 6.45) is 1.34. The minimum Gasteiger partial charge on any atom is -0.317 e. The summed E-state index contributed by atoms with van der Waals surface area (Å²) < 4.78 is 14.2. The van der Waals surface area contributed by atoms with E-state index in [4.69, 9.17) is 23.2 Å². The molecule has 0 spiro atoms. The van der Waals surface area contributed by atoms with E-state index in [-0.39, 0.29) is 5.92 Å². The highest BCUT2D eigenvalue weighted by Crippen LogP contribution is 2.27. The van der Waals surface area contributed by atoms with Gasteiger partial charge in [0.25, 0.3) is 0 Å². The average Bonchev–Trinajstić information content (AvgIpc) is 2.35. The molecule has 1 heterocycles. The predicted molar refractivity (Wildman–Crippen MR) is 70.7 cm³/mol. The molecule has 1 saturated heterocycles. The molecule has 0 amide bonds. The SMILES string of the molecule is FC(Cc1cc(Cl)ccc1Cl)C1CCNCC1. The van der Waals surface area contributed by atoms with Crippen molar-refractivity contribution in [1.82, 2.24) is 5.32 Å². The van der Waals surface area contributed by atoms with Crippen LogP contribution >= 0.6 is 23.2 Å². The van der Waals surface area contributed by atoms with Gasteiger partial charge in [0.05, 0.1) is 0 Å². The number of piperidine rings is 1. The molecule has 4 heteroatoms. The lowest BCUT2D eigenvalue weighted by molar-refractivity contribution is 0.187. The molecule has 0 radical (unpaired) electrons. The van der Waals surface area contributed by atoms with Crippen LogP contribution in [0.3, 0.4) is 0 Å². The minimum absolute atomic E-state index is 0.145. The van der Waals surface area contributed by atoms with Crippen molar-refractivity contribution < 1.29 is 4.39 Å². The molecule has 94 valence electrons. The first kappa shape index (κ1) is 13.1. The first-order valence-corrected chi connectivity index (χ1v) is 6.71. The molecule has 17 heavy (non-hydrogen) atoms. The molecular formula is C13H16Cl2FN. The van der Waals surface area contributed by atoms with Crippen LogP contribution in [0.2, 0.25) is 10.0 Å². The Hall–Kier alpha value is -0.310. The van der Waals surface area contributed by atoms with Crippen LogP contribution in [0.15, 0.2) is 18.2 Å². The van der Waals surface area contributed by atoms with Gasteiger partial charge in [0.15, 0.2) is 0 Å². The minimum atomic E-state index is -0.826. The van der Waals surface area contributed by atoms with Crippen LogP contribution in [0.1, 0.15) is 18.4 Å². The highest BCUT2D eigenvalue weighted by Gasteiger charge is 2.23. The molecule has 0 bridgehead atoms. The van der Waals surface area contributed by atoms with Crippen molar-refractivity contribution >= 4 is 23.2 Å². The zero-order valence-electron chi connectivity index (χ0n) is 9.56. The van der Waals surface area contributed by atoms with Gasteiger partial charge in [-0.1, -0.05) is 23.2 Å². The number of alkyl halides is 1. The van der Waals surface area contributed by atoms with Gasteiger partial charge in [0, 0.05) is 16.5 Å². The van der Waals surface area contributed by atoms with Gasteiger partial charge in [-0.05, 0) is 55.6 Å². The van der Waals surface area contributed by atoms with E-state index in [1.807, 2.05) is 0 Å². The highest BCUT2D eigenvalue weighted by atomic mass is 35.5. The second kappa shape index (κ2) is 6.03. The lowest BCUT2D eigenvalue weighted by Gasteiger charge is -2.26. The van der Waals surface area contributed by atoms with E-state index in [2.05, 4.69) is 5.32 Å². The second-order valence-electron chi connectivity index (χ2n) is 4.54. The monoisotopic (exact) mass is 275 g/mol. The summed E-state index contributed by atoms with van der Waals surface area (Å²) in [7, 11) is 0. The Labute approximate surface area is 111 Å². The molecule has 1 nitrogen and oxygen atoms in total. The Bertz CT molecular complexity index is 378. The molecule has 2 rings (SSSR count). The van der Waals surface area contributed by atoms with Crippen molar-refractivity contribution in [2.24, 2.45) is 5.92 Å². The van der Waals surface area contributed by atoms with Gasteiger partial charge in [0.2, 0.25) is 0 Å². The normalized spacial score (nSPS) is 19.2. The first-order valence-electron chi connectivity index (χ1n) is 5.95. The van der Waals surface area contributed by atoms with E-state index < -0.39 is 6.17 Å². The zero-order valence-corrected chi connectivity index (χ0v) is 11.1. The van der Waals surface area contributed by atoms with Gasteiger partial charge in [-0.2, -0.15) is 0 Å². The van der Waals surface area contributed by atoms with E-state index in [0.29, 0.717) is 16.5 Å². The number of benzene rings is 1. The molecule has 1 aliphatic heterocycles. The average molecular weight is 276 g/mol. The predicted octanol–water partition coefficient (Wildman–Crippen LogP) is 3.87. The largest absolute Gasteiger partial charge is 0.317 e. The second-order valence-corrected chi connectivity index (χ2v) is 5.39. The van der Waals surface area contributed by atoms with Crippen molar-refractivity contribution in [1.29, 1.82) is 0 Å². The maximum absolute atomic E-state index is 14.2. The lowest BCUT2D eigenvalue weighted by Crippen LogP contribution is -2.33. The van der Waals surface area contributed by atoms with Crippen molar-refractivity contribution in [2.45, 2.75) is 25.4 Å². The van der Waals surface area contributed by atoms with Crippen LogP contribution < -0.4 is 5.32 Å². The van der Waals surface area contributed by atoms with Crippen LogP contribution in [0.4, 0.5) is 4.39 Å². The van der Waals surface area contributed by atoms with Crippen molar-refractivity contribution in [2.75, 3.05) is 13.1 Å². The molecule has 1 fully saturated rings. The molecular weight excluding hydrogens is 260 g/mol. The third-order valence-corrected chi connectivity index (χ3v) is 3.92. The van der Waals surface area contributed by atoms with E-state index in [0.717, 1.165) is 31.5 Å². The smallest absolute Gasteiger partial charge is 0.107 e. The summed E-state index contributed by atoms with van der Waals surface area (Å²) in [4.78, 5) is 0. The molecule has 1 unspecified atom stereocenters. The number of hydrogen-bond donors (Lipinski definition) is 1. The molecule has 1 aromatic carbocycles. The number of nitrogens with one attached hydrogen (secondary N) is 1. The molecule has 1 atom stereocenters. The fourth-order valence-electron chi connectivity index (χ4n) is 2.28. The van der Waals surface area contributed by atoms with Gasteiger partial charge >= 0.3 is 0 Å². The van der Waals surface area contributed by atoms with Gasteiger partial charge in [0.1, 0.15) is 6.17 Å². The van der Waals surface area contributed by atoms with Crippen LogP contribution in [0.25, 0.3) is 0 Å². The molecule has 0 aromatic heterocycles. The quantitative estimate of drug-likeness (QED) is 0.883. The molecule has 1 aliphatic rings. The molecule has 0 aliphatic carbocycles. The lowest BCUT2D eigenvalue weighted by atomic mass is 9.89. The summed E-state index contributed by atoms with van der Waals surface area (Å²) in [5.74, 6) is 0.145. The third kappa shape index (κ3) is 3.57. The van der Waals surface area contributed by atoms with Gasteiger partial charge in [-0.3, -0.25) is 0 Å². The Morgan fingerprint density at radius 2 is 2.00 bits per heavy atom. The van der Waals surface area contributed by atoms with Gasteiger partial charge in [-0.25, -0.2) is 4.39 Å². The maximum Gasteiger partial charge on any atom is 0.107 e. The van der Waals surface area contributed by atoms with Crippen LogP contribution in [-0.4, -0.2) is 19.3 Å². The fourth-order valence-corrected chi connectivity index (χ4v) is 2.67. The van der Waals surface area contributed by atoms with Crippen LogP contribution in [0.5, 0.6) is 0 Å². The molecule has 1 aromatic rings. The number of rotatable bonds is 3. The Kier molecular flexibility index (Phi) is 4.66. The van der Waals surface area contributed by atoms with E-state index in [1.165, 1.54) is 0 Å². The van der Waals surface area contributed by atoms with Crippen LogP contribution in [-0.2, 0) is 6.42 Å². The maximum atomic E-state index is 14.2. The Morgan fingerprint density at radius 3 is 2.71 bits per heavy atom. The number of hydrogen-bond acceptors (Lipinski definition) is 1. The fraction of sp³-hybridized carbons (Fsp3) is 0.538. The summed E-state index contributed by atoms with van der Waals surface area (Å²) in [5.41, 5.74) is 0.810. The van der Waals surface area contributed by atoms with Gasteiger partial charge in [-0.15, -0.1) is 0 Å². The van der Waals surface area contributed by atoms with Crippen LogP contribution in [0, 0.1) is 5.92 Å². The summed E-state index contributed by atoms with van der Waals surface area (Å²) in [5, 5.41) is 4.46. The summed E-state index contributed by atoms with van der Waals surface area (Å²) in [6, 6.07) is 5.22. The Balaban J connectivity index is 2.01. The highest BCUT2D eigenvalue weighted by molar-refractivity contribution is 6.33. The molecule has 1 N–H and O–H groups in total. The number of halogens is 3. The van der Waals surface area contributed by atoms with Gasteiger partial charge < -0.3 is 5.32 Å². The van der Waals surface area contributed by atoms with Crippen molar-refractivity contribution in [3.63, 3.8) is 0 Å². The van der Waals surface area contributed by atoms with E-state index >= 15 is 0 Å². The zero-order chi connectivity index (χ0) is 12.3. The van der Waals surface area contributed by atoms with Crippen molar-refractivity contribution in [3.05, 3.63) is 33.8 Å². The standard InChI is InChI=1S/C13H16Cl2FN/c14-11-1-2-12(15)10(7-11)8-13(16)9-3-5-17-6-4-9/h1-2,7,9,13,17H,3-6,8H2. The summed E-state index contributed by atoms with van der Waals surface area (Å²) in [6.45, 7) is 1.82. The van der Waals surface area contributed by atoms with E-state index in [1.54, 1.807) is 18.2 Å². The first-order chi connectivity index (χ1) is 8.16. The Morgan fingerprint density at radius 1 is 1.29 bits per heavy atom. The summed E-state index contributed by atoms with van der Waals surface area (Å²) >= 11 is 11.9. The van der Waals surface area contributed by atoms with Crippen molar-refractivity contribution in [3.8, 4) is 0 Å².